The Morgan fingerprint density at radius 3 is 2.30 bits per heavy atom. The molecular formula is C24H32N2O5S2. The van der Waals surface area contributed by atoms with Gasteiger partial charge in [0.25, 0.3) is 5.91 Å². The molecule has 1 fully saturated rings. The van der Waals surface area contributed by atoms with Crippen LogP contribution in [0.15, 0.2) is 46.0 Å². The molecule has 0 radical (unpaired) electrons. The van der Waals surface area contributed by atoms with Gasteiger partial charge in [0.05, 0.1) is 10.8 Å². The van der Waals surface area contributed by atoms with Crippen LogP contribution in [0.3, 0.4) is 0 Å². The van der Waals surface area contributed by atoms with Gasteiger partial charge < -0.3 is 9.64 Å². The Hall–Kier alpha value is -2.23. The molecule has 0 bridgehead atoms. The fourth-order valence-corrected chi connectivity index (χ4v) is 5.84. The first-order chi connectivity index (χ1) is 15.5. The maximum absolute atomic E-state index is 13.0. The number of hydrogen-bond donors (Lipinski definition) is 0. The summed E-state index contributed by atoms with van der Waals surface area (Å²) >= 11 is 1.56. The number of esters is 1. The van der Waals surface area contributed by atoms with E-state index in [0.29, 0.717) is 19.4 Å². The van der Waals surface area contributed by atoms with Gasteiger partial charge in [-0.3, -0.25) is 9.59 Å². The molecule has 1 saturated heterocycles. The van der Waals surface area contributed by atoms with Crippen LogP contribution in [0.25, 0.3) is 0 Å². The quantitative estimate of drug-likeness (QED) is 0.551. The fraction of sp³-hybridized carbons (Fsp3) is 0.500. The van der Waals surface area contributed by atoms with E-state index in [0.717, 1.165) is 11.1 Å². The molecule has 7 nitrogen and oxygen atoms in total. The molecule has 3 rings (SSSR count). The average Bonchev–Trinajstić information content (AvgIpc) is 3.29. The molecule has 33 heavy (non-hydrogen) atoms. The summed E-state index contributed by atoms with van der Waals surface area (Å²) in [5.74, 6) is -1.12. The van der Waals surface area contributed by atoms with Gasteiger partial charge in [-0.15, -0.1) is 0 Å². The molecule has 0 spiro atoms. The number of carbonyl (C=O) groups is 2. The van der Waals surface area contributed by atoms with E-state index < -0.39 is 21.9 Å². The second-order valence-electron chi connectivity index (χ2n) is 9.44. The van der Waals surface area contributed by atoms with Crippen LogP contribution in [0.2, 0.25) is 0 Å². The zero-order chi connectivity index (χ0) is 24.2. The van der Waals surface area contributed by atoms with E-state index in [1.807, 2.05) is 29.0 Å². The summed E-state index contributed by atoms with van der Waals surface area (Å²) in [5.41, 5.74) is 2.04. The van der Waals surface area contributed by atoms with Crippen molar-refractivity contribution in [1.29, 1.82) is 0 Å². The van der Waals surface area contributed by atoms with E-state index in [1.165, 1.54) is 9.21 Å². The molecule has 1 aromatic carbocycles. The van der Waals surface area contributed by atoms with Crippen molar-refractivity contribution in [2.24, 2.45) is 5.92 Å². The number of rotatable bonds is 7. The van der Waals surface area contributed by atoms with Crippen molar-refractivity contribution in [2.75, 3.05) is 26.7 Å². The molecule has 0 unspecified atom stereocenters. The summed E-state index contributed by atoms with van der Waals surface area (Å²) in [6.45, 7) is 6.89. The number of carbonyl (C=O) groups excluding carboxylic acids is 2. The minimum atomic E-state index is -3.61. The molecule has 0 N–H and O–H groups in total. The topological polar surface area (TPSA) is 84.0 Å². The van der Waals surface area contributed by atoms with Crippen LogP contribution in [0.1, 0.15) is 44.7 Å². The van der Waals surface area contributed by atoms with Crippen molar-refractivity contribution in [3.05, 3.63) is 52.2 Å². The summed E-state index contributed by atoms with van der Waals surface area (Å²) in [5, 5.41) is 3.91. The molecule has 1 aliphatic heterocycles. The number of nitrogens with zero attached hydrogens (tertiary/aromatic N) is 2. The lowest BCUT2D eigenvalue weighted by atomic mass is 9.87. The van der Waals surface area contributed by atoms with E-state index in [2.05, 4.69) is 20.8 Å². The van der Waals surface area contributed by atoms with Gasteiger partial charge in [-0.1, -0.05) is 32.9 Å². The minimum absolute atomic E-state index is 0.0545. The van der Waals surface area contributed by atoms with Crippen LogP contribution in [0, 0.1) is 5.92 Å². The van der Waals surface area contributed by atoms with Gasteiger partial charge in [-0.2, -0.15) is 15.6 Å². The number of thiophene rings is 1. The van der Waals surface area contributed by atoms with Gasteiger partial charge in [0.1, 0.15) is 0 Å². The minimum Gasteiger partial charge on any atom is -0.455 e. The van der Waals surface area contributed by atoms with Crippen molar-refractivity contribution >= 4 is 33.2 Å². The third-order valence-corrected chi connectivity index (χ3v) is 8.55. The third kappa shape index (κ3) is 6.43. The number of amides is 1. The van der Waals surface area contributed by atoms with Crippen LogP contribution >= 0.6 is 11.3 Å². The van der Waals surface area contributed by atoms with Crippen molar-refractivity contribution in [3.63, 3.8) is 0 Å². The van der Waals surface area contributed by atoms with Crippen LogP contribution in [0.4, 0.5) is 0 Å². The molecule has 0 atom stereocenters. The molecule has 9 heteroatoms. The van der Waals surface area contributed by atoms with Gasteiger partial charge >= 0.3 is 5.97 Å². The van der Waals surface area contributed by atoms with Crippen LogP contribution in [-0.2, 0) is 36.3 Å². The first-order valence-electron chi connectivity index (χ1n) is 11.0. The van der Waals surface area contributed by atoms with E-state index in [1.54, 1.807) is 30.5 Å². The lowest BCUT2D eigenvalue weighted by molar-refractivity contribution is -0.156. The molecule has 1 aliphatic rings. The van der Waals surface area contributed by atoms with Crippen LogP contribution < -0.4 is 0 Å². The Bertz CT molecular complexity index is 1050. The van der Waals surface area contributed by atoms with Gasteiger partial charge in [0.15, 0.2) is 6.61 Å². The smallest absolute Gasteiger partial charge is 0.309 e. The molecule has 0 saturated carbocycles. The summed E-state index contributed by atoms with van der Waals surface area (Å²) in [7, 11) is -1.94. The SMILES string of the molecule is CN(Cc1ccsc1)C(=O)COC(=O)C1CCN(S(=O)(=O)c2ccc(C(C)(C)C)cc2)CC1. The predicted molar refractivity (Wildman–Crippen MR) is 128 cm³/mol. The monoisotopic (exact) mass is 492 g/mol. The third-order valence-electron chi connectivity index (χ3n) is 5.91. The van der Waals surface area contributed by atoms with Gasteiger partial charge in [0, 0.05) is 26.7 Å². The molecule has 0 aliphatic carbocycles. The Labute approximate surface area is 200 Å². The molecule has 1 aromatic heterocycles. The normalized spacial score (nSPS) is 15.9. The van der Waals surface area contributed by atoms with Crippen LogP contribution in [-0.4, -0.2) is 56.2 Å². The predicted octanol–water partition coefficient (Wildman–Crippen LogP) is 3.65. The Balaban J connectivity index is 1.49. The van der Waals surface area contributed by atoms with Crippen molar-refractivity contribution < 1.29 is 22.7 Å². The van der Waals surface area contributed by atoms with Gasteiger partial charge in [-0.05, 0) is 58.3 Å². The highest BCUT2D eigenvalue weighted by molar-refractivity contribution is 7.89. The Morgan fingerprint density at radius 1 is 1.12 bits per heavy atom. The zero-order valence-electron chi connectivity index (χ0n) is 19.6. The fourth-order valence-electron chi connectivity index (χ4n) is 3.71. The first kappa shape index (κ1) is 25.4. The van der Waals surface area contributed by atoms with E-state index in [9.17, 15) is 18.0 Å². The van der Waals surface area contributed by atoms with Crippen molar-refractivity contribution in [2.45, 2.75) is 50.5 Å². The number of hydrogen-bond acceptors (Lipinski definition) is 6. The largest absolute Gasteiger partial charge is 0.455 e. The number of benzene rings is 1. The molecule has 1 amide bonds. The summed E-state index contributed by atoms with van der Waals surface area (Å²) in [6.07, 6.45) is 0.744. The second kappa shape index (κ2) is 10.4. The maximum atomic E-state index is 13.0. The number of sulfonamides is 1. The van der Waals surface area contributed by atoms with Gasteiger partial charge in [-0.25, -0.2) is 8.42 Å². The maximum Gasteiger partial charge on any atom is 0.309 e. The second-order valence-corrected chi connectivity index (χ2v) is 12.2. The molecule has 2 heterocycles. The van der Waals surface area contributed by atoms with E-state index >= 15 is 0 Å². The van der Waals surface area contributed by atoms with E-state index in [-0.39, 0.29) is 35.9 Å². The number of ether oxygens (including phenoxy) is 1. The highest BCUT2D eigenvalue weighted by Crippen LogP contribution is 2.27. The summed E-state index contributed by atoms with van der Waals surface area (Å²) in [4.78, 5) is 26.5. The zero-order valence-corrected chi connectivity index (χ0v) is 21.2. The first-order valence-corrected chi connectivity index (χ1v) is 13.4. The molecule has 180 valence electrons. The lowest BCUT2D eigenvalue weighted by Crippen LogP contribution is -2.41. The van der Waals surface area contributed by atoms with Crippen molar-refractivity contribution in [3.8, 4) is 0 Å². The lowest BCUT2D eigenvalue weighted by Gasteiger charge is -2.30. The standard InChI is InChI=1S/C24H32N2O5S2/c1-24(2,3)20-5-7-21(8-6-20)33(29,30)26-12-9-19(10-13-26)23(28)31-16-22(27)25(4)15-18-11-14-32-17-18/h5-8,11,14,17,19H,9-10,12-13,15-16H2,1-4H3. The summed E-state index contributed by atoms with van der Waals surface area (Å²) < 4.78 is 32.7. The average molecular weight is 493 g/mol. The van der Waals surface area contributed by atoms with Crippen molar-refractivity contribution in [1.82, 2.24) is 9.21 Å². The Morgan fingerprint density at radius 2 is 1.76 bits per heavy atom. The van der Waals surface area contributed by atoms with E-state index in [4.69, 9.17) is 4.74 Å². The summed E-state index contributed by atoms with van der Waals surface area (Å²) in [6, 6.07) is 8.94. The number of likely N-dealkylation sites (N-methyl/N-ethyl adjacent to an activating group) is 1. The molecule has 2 aromatic rings. The number of piperidine rings is 1. The van der Waals surface area contributed by atoms with Gasteiger partial charge in [0.2, 0.25) is 10.0 Å². The highest BCUT2D eigenvalue weighted by Gasteiger charge is 2.33. The van der Waals surface area contributed by atoms with Crippen LogP contribution in [0.5, 0.6) is 0 Å². The molecular weight excluding hydrogens is 460 g/mol. The Kier molecular flexibility index (Phi) is 7.97. The highest BCUT2D eigenvalue weighted by atomic mass is 32.2.